The summed E-state index contributed by atoms with van der Waals surface area (Å²) in [5.41, 5.74) is 1.20. The number of hydrogen-bond acceptors (Lipinski definition) is 2. The van der Waals surface area contributed by atoms with Gasteiger partial charge in [0.15, 0.2) is 0 Å². The summed E-state index contributed by atoms with van der Waals surface area (Å²) in [6, 6.07) is 0.360. The highest BCUT2D eigenvalue weighted by atomic mass is 16.5. The summed E-state index contributed by atoms with van der Waals surface area (Å²) < 4.78 is 5.70. The van der Waals surface area contributed by atoms with Crippen molar-refractivity contribution in [3.05, 3.63) is 24.9 Å². The van der Waals surface area contributed by atoms with E-state index in [1.54, 1.807) is 7.11 Å². The highest BCUT2D eigenvalue weighted by molar-refractivity contribution is 5.00. The van der Waals surface area contributed by atoms with Gasteiger partial charge in [0.25, 0.3) is 0 Å². The first-order chi connectivity index (χ1) is 8.88. The normalized spacial score (nSPS) is 15.9. The fraction of sp³-hybridized carbons (Fsp3) is 0.765. The van der Waals surface area contributed by atoms with Gasteiger partial charge in [0.2, 0.25) is 0 Å². The van der Waals surface area contributed by atoms with Gasteiger partial charge in [-0.05, 0) is 24.7 Å². The lowest BCUT2D eigenvalue weighted by Crippen LogP contribution is -2.45. The van der Waals surface area contributed by atoms with E-state index in [4.69, 9.17) is 4.74 Å². The molecule has 0 heterocycles. The van der Waals surface area contributed by atoms with Crippen LogP contribution in [0.25, 0.3) is 0 Å². The van der Waals surface area contributed by atoms with E-state index in [2.05, 4.69) is 52.8 Å². The zero-order valence-electron chi connectivity index (χ0n) is 13.8. The first-order valence-electron chi connectivity index (χ1n) is 7.43. The number of rotatable bonds is 10. The lowest BCUT2D eigenvalue weighted by atomic mass is 9.90. The molecule has 112 valence electrons. The van der Waals surface area contributed by atoms with E-state index < -0.39 is 0 Å². The maximum absolute atomic E-state index is 5.70. The maximum Gasteiger partial charge on any atom is 0.0810 e. The molecule has 0 aliphatic carbocycles. The Labute approximate surface area is 120 Å². The average molecular weight is 267 g/mol. The van der Waals surface area contributed by atoms with Crippen LogP contribution in [0, 0.1) is 11.8 Å². The molecule has 0 aliphatic heterocycles. The molecule has 0 aromatic carbocycles. The molecule has 0 rings (SSSR count). The van der Waals surface area contributed by atoms with Crippen molar-refractivity contribution in [3.63, 3.8) is 0 Å². The minimum Gasteiger partial charge on any atom is -0.379 e. The molecule has 0 spiro atoms. The van der Waals surface area contributed by atoms with Crippen molar-refractivity contribution >= 4 is 0 Å². The highest BCUT2D eigenvalue weighted by Crippen LogP contribution is 2.26. The number of allylic oxidation sites excluding steroid dienone is 1. The summed E-state index contributed by atoms with van der Waals surface area (Å²) in [5.74, 6) is 1.20. The molecule has 0 aromatic heterocycles. The van der Waals surface area contributed by atoms with Crippen molar-refractivity contribution in [2.45, 2.75) is 59.1 Å². The zero-order chi connectivity index (χ0) is 15.0. The lowest BCUT2D eigenvalue weighted by Gasteiger charge is -2.40. The van der Waals surface area contributed by atoms with Crippen LogP contribution >= 0.6 is 0 Å². The molecule has 0 aliphatic rings. The fourth-order valence-corrected chi connectivity index (χ4v) is 2.60. The predicted octanol–water partition coefficient (Wildman–Crippen LogP) is 4.48. The van der Waals surface area contributed by atoms with E-state index in [-0.39, 0.29) is 6.10 Å². The minimum absolute atomic E-state index is 0.182. The molecule has 0 bridgehead atoms. The van der Waals surface area contributed by atoms with Crippen LogP contribution in [0.3, 0.4) is 0 Å². The van der Waals surface area contributed by atoms with Crippen LogP contribution in [-0.2, 0) is 4.74 Å². The smallest absolute Gasteiger partial charge is 0.0810 e. The van der Waals surface area contributed by atoms with Crippen molar-refractivity contribution < 1.29 is 4.74 Å². The third-order valence-electron chi connectivity index (χ3n) is 3.90. The summed E-state index contributed by atoms with van der Waals surface area (Å²) in [6.07, 6.45) is 5.18. The van der Waals surface area contributed by atoms with E-state index in [9.17, 15) is 0 Å². The Morgan fingerprint density at radius 2 is 1.89 bits per heavy atom. The molecule has 2 nitrogen and oxygen atoms in total. The van der Waals surface area contributed by atoms with Crippen molar-refractivity contribution in [1.29, 1.82) is 0 Å². The molecule has 2 heteroatoms. The fourth-order valence-electron chi connectivity index (χ4n) is 2.60. The molecule has 19 heavy (non-hydrogen) atoms. The summed E-state index contributed by atoms with van der Waals surface area (Å²) in [5, 5.41) is 0. The second-order valence-corrected chi connectivity index (χ2v) is 5.95. The van der Waals surface area contributed by atoms with Crippen LogP contribution in [0.15, 0.2) is 24.9 Å². The molecule has 0 saturated carbocycles. The van der Waals surface area contributed by atoms with Gasteiger partial charge >= 0.3 is 0 Å². The summed E-state index contributed by atoms with van der Waals surface area (Å²) >= 11 is 0. The molecule has 0 aromatic rings. The van der Waals surface area contributed by atoms with E-state index in [0.717, 1.165) is 19.3 Å². The van der Waals surface area contributed by atoms with Crippen LogP contribution in [0.4, 0.5) is 0 Å². The Bertz CT molecular complexity index is 272. The molecule has 3 unspecified atom stereocenters. The third kappa shape index (κ3) is 5.82. The summed E-state index contributed by atoms with van der Waals surface area (Å²) in [7, 11) is 3.94. The Kier molecular flexibility index (Phi) is 8.82. The van der Waals surface area contributed by atoms with E-state index in [1.807, 2.05) is 6.08 Å². The van der Waals surface area contributed by atoms with Gasteiger partial charge in [-0.3, -0.25) is 0 Å². The van der Waals surface area contributed by atoms with Crippen LogP contribution in [0.5, 0.6) is 0 Å². The molecule has 0 N–H and O–H groups in total. The third-order valence-corrected chi connectivity index (χ3v) is 3.90. The number of ether oxygens (including phenoxy) is 1. The summed E-state index contributed by atoms with van der Waals surface area (Å²) in [4.78, 5) is 2.33. The van der Waals surface area contributed by atoms with Crippen LogP contribution in [0.1, 0.15) is 47.0 Å². The molecular weight excluding hydrogens is 234 g/mol. The quantitative estimate of drug-likeness (QED) is 0.541. The second kappa shape index (κ2) is 9.19. The maximum atomic E-state index is 5.70. The monoisotopic (exact) mass is 267 g/mol. The van der Waals surface area contributed by atoms with Gasteiger partial charge < -0.3 is 9.64 Å². The molecule has 0 saturated heterocycles. The molecule has 0 amide bonds. The first-order valence-corrected chi connectivity index (χ1v) is 7.43. The molecule has 0 radical (unpaired) electrons. The number of nitrogens with zero attached hydrogens (tertiary/aromatic N) is 1. The predicted molar refractivity (Wildman–Crippen MR) is 85.2 cm³/mol. The molecular formula is C17H33NO. The Balaban J connectivity index is 5.00. The van der Waals surface area contributed by atoms with Crippen molar-refractivity contribution in [1.82, 2.24) is 4.90 Å². The first kappa shape index (κ1) is 18.2. The van der Waals surface area contributed by atoms with Gasteiger partial charge in [-0.2, -0.15) is 0 Å². The lowest BCUT2D eigenvalue weighted by molar-refractivity contribution is 0.0120. The van der Waals surface area contributed by atoms with Crippen LogP contribution in [-0.4, -0.2) is 31.2 Å². The van der Waals surface area contributed by atoms with Crippen molar-refractivity contribution in [2.75, 3.05) is 14.2 Å². The van der Waals surface area contributed by atoms with Gasteiger partial charge in [-0.1, -0.05) is 46.8 Å². The zero-order valence-corrected chi connectivity index (χ0v) is 13.8. The van der Waals surface area contributed by atoms with Gasteiger partial charge in [0.1, 0.15) is 0 Å². The minimum atomic E-state index is 0.182. The van der Waals surface area contributed by atoms with Gasteiger partial charge in [-0.15, -0.1) is 6.58 Å². The SMILES string of the molecule is C=CCC(OC)C(C(C)CC)N(C)C(=C)CC(C)C. The molecule has 0 fully saturated rings. The topological polar surface area (TPSA) is 12.5 Å². The van der Waals surface area contributed by atoms with Crippen molar-refractivity contribution in [2.24, 2.45) is 11.8 Å². The van der Waals surface area contributed by atoms with Gasteiger partial charge in [0.05, 0.1) is 12.1 Å². The van der Waals surface area contributed by atoms with E-state index in [1.165, 1.54) is 5.70 Å². The largest absolute Gasteiger partial charge is 0.379 e. The van der Waals surface area contributed by atoms with Crippen LogP contribution in [0.2, 0.25) is 0 Å². The average Bonchev–Trinajstić information content (AvgIpc) is 2.36. The van der Waals surface area contributed by atoms with E-state index >= 15 is 0 Å². The van der Waals surface area contributed by atoms with Crippen molar-refractivity contribution in [3.8, 4) is 0 Å². The Hall–Kier alpha value is -0.760. The number of methoxy groups -OCH3 is 1. The van der Waals surface area contributed by atoms with Crippen LogP contribution < -0.4 is 0 Å². The van der Waals surface area contributed by atoms with Gasteiger partial charge in [0, 0.05) is 19.9 Å². The molecule has 3 atom stereocenters. The van der Waals surface area contributed by atoms with Gasteiger partial charge in [-0.25, -0.2) is 0 Å². The number of likely N-dealkylation sites (N-methyl/N-ethyl adjacent to an activating group) is 1. The highest BCUT2D eigenvalue weighted by Gasteiger charge is 2.29. The number of hydrogen-bond donors (Lipinski definition) is 0. The van der Waals surface area contributed by atoms with E-state index in [0.29, 0.717) is 17.9 Å². The summed E-state index contributed by atoms with van der Waals surface area (Å²) in [6.45, 7) is 17.1. The second-order valence-electron chi connectivity index (χ2n) is 5.95. The Morgan fingerprint density at radius 1 is 1.32 bits per heavy atom. The Morgan fingerprint density at radius 3 is 2.26 bits per heavy atom. The standard InChI is InChI=1S/C17H33NO/c1-9-11-16(19-8)17(14(5)10-2)18(7)15(6)12-13(3)4/h9,13-14,16-17H,1,6,10-12H2,2-5,7-8H3.